The Labute approximate surface area is 119 Å². The molecule has 1 saturated heterocycles. The molecule has 8 heteroatoms. The molecular weight excluding hydrogens is 289 g/mol. The fourth-order valence-corrected chi connectivity index (χ4v) is 2.10. The van der Waals surface area contributed by atoms with Crippen molar-refractivity contribution in [3.05, 3.63) is 29.8 Å². The Balaban J connectivity index is 1.95. The SMILES string of the molecule is O=C(NCc1ccccc1OC(F)(F)F)[C@H]1C[C@H](O)CN1. The maximum absolute atomic E-state index is 12.3. The van der Waals surface area contributed by atoms with E-state index in [9.17, 15) is 23.1 Å². The molecule has 0 unspecified atom stereocenters. The van der Waals surface area contributed by atoms with Gasteiger partial charge in [-0.15, -0.1) is 13.2 Å². The minimum atomic E-state index is -4.78. The maximum atomic E-state index is 12.3. The Morgan fingerprint density at radius 2 is 2.14 bits per heavy atom. The number of nitrogens with one attached hydrogen (secondary N) is 2. The molecule has 0 spiro atoms. The Morgan fingerprint density at radius 3 is 2.76 bits per heavy atom. The standard InChI is InChI=1S/C13H15F3N2O3/c14-13(15,16)21-11-4-2-1-3-8(11)6-18-12(20)10-5-9(19)7-17-10/h1-4,9-10,17,19H,5-7H2,(H,18,20)/t9-,10+/m0/s1. The first-order valence-corrected chi connectivity index (χ1v) is 6.38. The summed E-state index contributed by atoms with van der Waals surface area (Å²) < 4.78 is 40.7. The highest BCUT2D eigenvalue weighted by Crippen LogP contribution is 2.26. The van der Waals surface area contributed by atoms with Gasteiger partial charge < -0.3 is 20.5 Å². The lowest BCUT2D eigenvalue weighted by molar-refractivity contribution is -0.274. The van der Waals surface area contributed by atoms with Crippen molar-refractivity contribution in [1.82, 2.24) is 10.6 Å². The Morgan fingerprint density at radius 1 is 1.43 bits per heavy atom. The highest BCUT2D eigenvalue weighted by atomic mass is 19.4. The van der Waals surface area contributed by atoms with E-state index in [-0.39, 0.29) is 30.2 Å². The van der Waals surface area contributed by atoms with E-state index in [1.165, 1.54) is 18.2 Å². The Kier molecular flexibility index (Phi) is 4.69. The number of hydrogen-bond acceptors (Lipinski definition) is 4. The van der Waals surface area contributed by atoms with Gasteiger partial charge in [0.1, 0.15) is 5.75 Å². The average molecular weight is 304 g/mol. The molecule has 0 aliphatic carbocycles. The summed E-state index contributed by atoms with van der Waals surface area (Å²) in [4.78, 5) is 11.8. The van der Waals surface area contributed by atoms with Crippen LogP contribution in [0.2, 0.25) is 0 Å². The lowest BCUT2D eigenvalue weighted by Gasteiger charge is -2.15. The van der Waals surface area contributed by atoms with Crippen LogP contribution in [0.15, 0.2) is 24.3 Å². The van der Waals surface area contributed by atoms with Gasteiger partial charge in [-0.1, -0.05) is 18.2 Å². The zero-order valence-corrected chi connectivity index (χ0v) is 11.0. The van der Waals surface area contributed by atoms with Crippen LogP contribution in [-0.2, 0) is 11.3 Å². The van der Waals surface area contributed by atoms with Gasteiger partial charge >= 0.3 is 6.36 Å². The number of carbonyl (C=O) groups excluding carboxylic acids is 1. The highest BCUT2D eigenvalue weighted by Gasteiger charge is 2.32. The molecule has 0 saturated carbocycles. The zero-order valence-electron chi connectivity index (χ0n) is 11.0. The van der Waals surface area contributed by atoms with Gasteiger partial charge in [-0.3, -0.25) is 4.79 Å². The summed E-state index contributed by atoms with van der Waals surface area (Å²) in [6, 6.07) is 5.07. The number of para-hydroxylation sites is 1. The van der Waals surface area contributed by atoms with Crippen LogP contribution >= 0.6 is 0 Å². The van der Waals surface area contributed by atoms with Crippen LogP contribution in [0.1, 0.15) is 12.0 Å². The van der Waals surface area contributed by atoms with Gasteiger partial charge in [0.25, 0.3) is 0 Å². The van der Waals surface area contributed by atoms with E-state index >= 15 is 0 Å². The van der Waals surface area contributed by atoms with E-state index in [0.717, 1.165) is 0 Å². The van der Waals surface area contributed by atoms with Crippen molar-refractivity contribution in [2.24, 2.45) is 0 Å². The largest absolute Gasteiger partial charge is 0.573 e. The molecule has 1 amide bonds. The summed E-state index contributed by atoms with van der Waals surface area (Å²) in [6.07, 6.45) is -5.08. The smallest absolute Gasteiger partial charge is 0.405 e. The number of hydrogen-bond donors (Lipinski definition) is 3. The highest BCUT2D eigenvalue weighted by molar-refractivity contribution is 5.82. The second-order valence-corrected chi connectivity index (χ2v) is 4.72. The topological polar surface area (TPSA) is 70.6 Å². The van der Waals surface area contributed by atoms with Gasteiger partial charge in [0.05, 0.1) is 12.1 Å². The molecule has 1 aliphatic rings. The molecule has 1 heterocycles. The normalized spacial score (nSPS) is 22.1. The van der Waals surface area contributed by atoms with E-state index in [0.29, 0.717) is 6.54 Å². The van der Waals surface area contributed by atoms with E-state index in [4.69, 9.17) is 0 Å². The quantitative estimate of drug-likeness (QED) is 0.774. The number of halogens is 3. The van der Waals surface area contributed by atoms with E-state index < -0.39 is 18.5 Å². The number of aliphatic hydroxyl groups is 1. The monoisotopic (exact) mass is 304 g/mol. The maximum Gasteiger partial charge on any atom is 0.573 e. The second-order valence-electron chi connectivity index (χ2n) is 4.72. The van der Waals surface area contributed by atoms with E-state index in [1.54, 1.807) is 6.07 Å². The van der Waals surface area contributed by atoms with Crippen LogP contribution in [-0.4, -0.2) is 36.1 Å². The Hall–Kier alpha value is -1.80. The van der Waals surface area contributed by atoms with Crippen molar-refractivity contribution in [3.8, 4) is 5.75 Å². The number of amides is 1. The summed E-state index contributed by atoms with van der Waals surface area (Å²) in [5.41, 5.74) is 0.224. The van der Waals surface area contributed by atoms with Crippen molar-refractivity contribution in [3.63, 3.8) is 0 Å². The van der Waals surface area contributed by atoms with Gasteiger partial charge in [0, 0.05) is 18.7 Å². The van der Waals surface area contributed by atoms with Crippen LogP contribution < -0.4 is 15.4 Å². The molecule has 2 atom stereocenters. The number of carbonyl (C=O) groups is 1. The predicted octanol–water partition coefficient (Wildman–Crippen LogP) is 0.924. The molecule has 0 radical (unpaired) electrons. The van der Waals surface area contributed by atoms with Crippen LogP contribution in [0.5, 0.6) is 5.75 Å². The third-order valence-electron chi connectivity index (χ3n) is 3.08. The van der Waals surface area contributed by atoms with Crippen molar-refractivity contribution >= 4 is 5.91 Å². The van der Waals surface area contributed by atoms with Crippen molar-refractivity contribution < 1.29 is 27.8 Å². The summed E-state index contributed by atoms with van der Waals surface area (Å²) in [6.45, 7) is 0.241. The fourth-order valence-electron chi connectivity index (χ4n) is 2.10. The van der Waals surface area contributed by atoms with Crippen LogP contribution in [0.25, 0.3) is 0 Å². The lowest BCUT2D eigenvalue weighted by atomic mass is 10.1. The first-order chi connectivity index (χ1) is 9.85. The summed E-state index contributed by atoms with van der Waals surface area (Å²) in [7, 11) is 0. The first-order valence-electron chi connectivity index (χ1n) is 6.38. The zero-order chi connectivity index (χ0) is 15.5. The molecule has 116 valence electrons. The lowest BCUT2D eigenvalue weighted by Crippen LogP contribution is -2.40. The molecular formula is C13H15F3N2O3. The third-order valence-corrected chi connectivity index (χ3v) is 3.08. The first kappa shape index (κ1) is 15.6. The van der Waals surface area contributed by atoms with Crippen LogP contribution in [0.3, 0.4) is 0 Å². The molecule has 1 aliphatic heterocycles. The van der Waals surface area contributed by atoms with Gasteiger partial charge in [-0.25, -0.2) is 0 Å². The van der Waals surface area contributed by atoms with Gasteiger partial charge in [0.2, 0.25) is 5.91 Å². The van der Waals surface area contributed by atoms with E-state index in [1.807, 2.05) is 0 Å². The average Bonchev–Trinajstić information content (AvgIpc) is 2.82. The number of alkyl halides is 3. The van der Waals surface area contributed by atoms with Crippen LogP contribution in [0, 0.1) is 0 Å². The Bertz CT molecular complexity index is 508. The molecule has 2 rings (SSSR count). The van der Waals surface area contributed by atoms with Gasteiger partial charge in [-0.05, 0) is 12.5 Å². The second kappa shape index (κ2) is 6.31. The number of ether oxygens (including phenoxy) is 1. The molecule has 0 aromatic heterocycles. The number of benzene rings is 1. The van der Waals surface area contributed by atoms with Crippen LogP contribution in [0.4, 0.5) is 13.2 Å². The molecule has 0 bridgehead atoms. The number of rotatable bonds is 4. The molecule has 1 aromatic rings. The minimum Gasteiger partial charge on any atom is -0.405 e. The minimum absolute atomic E-state index is 0.0840. The van der Waals surface area contributed by atoms with Crippen molar-refractivity contribution in [1.29, 1.82) is 0 Å². The number of β-amino-alcohol motifs (C(OH)–C–C–N with tert-alkyl or cyclic N) is 1. The van der Waals surface area contributed by atoms with Gasteiger partial charge in [-0.2, -0.15) is 0 Å². The predicted molar refractivity (Wildman–Crippen MR) is 67.4 cm³/mol. The third kappa shape index (κ3) is 4.61. The fraction of sp³-hybridized carbons (Fsp3) is 0.462. The van der Waals surface area contributed by atoms with Crippen molar-refractivity contribution in [2.45, 2.75) is 31.5 Å². The molecule has 1 aromatic carbocycles. The van der Waals surface area contributed by atoms with E-state index in [2.05, 4.69) is 15.4 Å². The molecule has 1 fully saturated rings. The summed E-state index contributed by atoms with van der Waals surface area (Å²) >= 11 is 0. The molecule has 21 heavy (non-hydrogen) atoms. The molecule has 3 N–H and O–H groups in total. The summed E-state index contributed by atoms with van der Waals surface area (Å²) in [5.74, 6) is -0.710. The summed E-state index contributed by atoms with van der Waals surface area (Å²) in [5, 5.41) is 14.7. The van der Waals surface area contributed by atoms with Crippen molar-refractivity contribution in [2.75, 3.05) is 6.54 Å². The van der Waals surface area contributed by atoms with Gasteiger partial charge in [0.15, 0.2) is 0 Å². The molecule has 5 nitrogen and oxygen atoms in total. The number of aliphatic hydroxyl groups excluding tert-OH is 1.